The summed E-state index contributed by atoms with van der Waals surface area (Å²) < 4.78 is 49.4. The number of hydrogen-bond acceptors (Lipinski definition) is 7. The third-order valence-electron chi connectivity index (χ3n) is 8.00. The number of imidazole rings is 1. The second kappa shape index (κ2) is 13.4. The van der Waals surface area contributed by atoms with Crippen molar-refractivity contribution in [1.29, 1.82) is 0 Å². The number of benzene rings is 4. The Balaban J connectivity index is 1.19. The van der Waals surface area contributed by atoms with Crippen molar-refractivity contribution >= 4 is 34.9 Å². The van der Waals surface area contributed by atoms with Crippen molar-refractivity contribution in [2.24, 2.45) is 0 Å². The van der Waals surface area contributed by atoms with E-state index in [9.17, 15) is 14.0 Å². The van der Waals surface area contributed by atoms with Gasteiger partial charge in [-0.15, -0.1) is 0 Å². The van der Waals surface area contributed by atoms with Crippen molar-refractivity contribution in [3.63, 3.8) is 0 Å². The molecule has 2 heterocycles. The first-order chi connectivity index (χ1) is 23.1. The van der Waals surface area contributed by atoms with Crippen LogP contribution in [0.15, 0.2) is 85.3 Å². The molecule has 246 valence electrons. The Kier molecular flexibility index (Phi) is 9.05. The summed E-state index contributed by atoms with van der Waals surface area (Å²) in [4.78, 5) is 29.5. The summed E-state index contributed by atoms with van der Waals surface area (Å²) >= 11 is 5.92. The molecule has 1 amide bonds. The maximum Gasteiger partial charge on any atom is 0.337 e. The largest absolute Gasteiger partial charge is 0.465 e. The number of nitrogens with zero attached hydrogens (tertiary/aromatic N) is 2. The molecule has 0 bridgehead atoms. The van der Waals surface area contributed by atoms with Gasteiger partial charge < -0.3 is 29.4 Å². The third kappa shape index (κ3) is 6.54. The van der Waals surface area contributed by atoms with Crippen LogP contribution in [0.25, 0.3) is 11.1 Å². The van der Waals surface area contributed by atoms with Gasteiger partial charge >= 0.3 is 5.97 Å². The smallest absolute Gasteiger partial charge is 0.337 e. The maximum absolute atomic E-state index is 15.7. The molecule has 0 saturated heterocycles. The molecule has 0 spiro atoms. The van der Waals surface area contributed by atoms with Gasteiger partial charge in [0.2, 0.25) is 5.91 Å². The van der Waals surface area contributed by atoms with Crippen LogP contribution < -0.4 is 20.1 Å². The summed E-state index contributed by atoms with van der Waals surface area (Å²) in [6, 6.07) is 18.5. The molecule has 0 fully saturated rings. The second-order valence-electron chi connectivity index (χ2n) is 11.2. The highest BCUT2D eigenvalue weighted by molar-refractivity contribution is 6.30. The van der Waals surface area contributed by atoms with E-state index in [4.69, 9.17) is 25.8 Å². The first-order valence-electron chi connectivity index (χ1n) is 15.1. The number of anilines is 2. The van der Waals surface area contributed by atoms with E-state index in [1.165, 1.54) is 31.4 Å². The molecule has 5 aromatic rings. The van der Waals surface area contributed by atoms with Gasteiger partial charge in [0.15, 0.2) is 11.5 Å². The molecule has 0 aliphatic carbocycles. The normalized spacial score (nSPS) is 14.9. The van der Waals surface area contributed by atoms with Crippen LogP contribution in [-0.2, 0) is 34.8 Å². The van der Waals surface area contributed by atoms with E-state index < -0.39 is 29.3 Å². The molecular formula is C36H31ClF2N4O5. The highest BCUT2D eigenvalue weighted by Crippen LogP contribution is 2.50. The Morgan fingerprint density at radius 2 is 1.81 bits per heavy atom. The van der Waals surface area contributed by atoms with Crippen LogP contribution >= 0.6 is 11.6 Å². The molecule has 2 N–H and O–H groups in total. The van der Waals surface area contributed by atoms with Crippen molar-refractivity contribution in [3.8, 4) is 22.6 Å². The number of para-hydroxylation sites is 1. The summed E-state index contributed by atoms with van der Waals surface area (Å²) in [5.41, 5.74) is 3.35. The summed E-state index contributed by atoms with van der Waals surface area (Å²) in [7, 11) is 1.29. The molecule has 4 aromatic carbocycles. The number of carbonyl (C=O) groups is 2. The minimum atomic E-state index is -1.50. The van der Waals surface area contributed by atoms with Gasteiger partial charge in [-0.2, -0.15) is 0 Å². The lowest BCUT2D eigenvalue weighted by molar-refractivity contribution is -0.115. The SMILES string of the molecule is CCn1cncc1CNc1cc(C(=O)OC)ccc1NC(=O)Cc1ccc(-c2cccc3c2OC(C)(c2ccc(Cl)cc2F)O3)c(F)c1. The van der Waals surface area contributed by atoms with Crippen molar-refractivity contribution in [2.45, 2.75) is 39.1 Å². The topological polar surface area (TPSA) is 104 Å². The fraction of sp³-hybridized carbons (Fsp3) is 0.194. The molecule has 0 radical (unpaired) electrons. The van der Waals surface area contributed by atoms with E-state index in [0.29, 0.717) is 40.4 Å². The Bertz CT molecular complexity index is 2030. The lowest BCUT2D eigenvalue weighted by atomic mass is 10.0. The number of amides is 1. The maximum atomic E-state index is 15.7. The lowest BCUT2D eigenvalue weighted by Crippen LogP contribution is -2.32. The molecule has 9 nitrogen and oxygen atoms in total. The van der Waals surface area contributed by atoms with Crippen molar-refractivity contribution in [1.82, 2.24) is 9.55 Å². The molecule has 1 aliphatic heterocycles. The highest BCUT2D eigenvalue weighted by atomic mass is 35.5. The van der Waals surface area contributed by atoms with Gasteiger partial charge in [-0.05, 0) is 61.0 Å². The highest BCUT2D eigenvalue weighted by Gasteiger charge is 2.42. The Hall–Kier alpha value is -5.42. The number of esters is 1. The van der Waals surface area contributed by atoms with Gasteiger partial charge in [0.1, 0.15) is 11.6 Å². The molecule has 1 aromatic heterocycles. The number of methoxy groups -OCH3 is 1. The standard InChI is InChI=1S/C36H31ClF2N4O5/c1-4-43-20-40-18-24(43)19-41-31-16-22(35(45)46-3)9-13-30(31)42-33(44)15-21-8-11-25(28(38)14-21)26-6-5-7-32-34(26)48-36(2,47-32)27-12-10-23(37)17-29(27)39/h5-14,16-18,20,41H,4,15,19H2,1-3H3,(H,42,44). The van der Waals surface area contributed by atoms with Crippen LogP contribution in [0.2, 0.25) is 5.02 Å². The zero-order chi connectivity index (χ0) is 34.0. The molecule has 0 saturated carbocycles. The quantitative estimate of drug-likeness (QED) is 0.146. The number of carbonyl (C=O) groups excluding carboxylic acids is 2. The van der Waals surface area contributed by atoms with E-state index in [1.807, 2.05) is 11.5 Å². The number of aryl methyl sites for hydroxylation is 1. The van der Waals surface area contributed by atoms with Crippen LogP contribution in [0.4, 0.5) is 20.2 Å². The van der Waals surface area contributed by atoms with E-state index in [-0.39, 0.29) is 28.3 Å². The second-order valence-corrected chi connectivity index (χ2v) is 11.7. The number of hydrogen-bond donors (Lipinski definition) is 2. The average Bonchev–Trinajstić information content (AvgIpc) is 3.67. The summed E-state index contributed by atoms with van der Waals surface area (Å²) in [5.74, 6) is -3.01. The van der Waals surface area contributed by atoms with E-state index >= 15 is 4.39 Å². The minimum Gasteiger partial charge on any atom is -0.465 e. The minimum absolute atomic E-state index is 0.127. The predicted molar refractivity (Wildman–Crippen MR) is 177 cm³/mol. The first-order valence-corrected chi connectivity index (χ1v) is 15.5. The molecule has 12 heteroatoms. The van der Waals surface area contributed by atoms with Crippen LogP contribution in [-0.4, -0.2) is 28.5 Å². The van der Waals surface area contributed by atoms with E-state index in [1.54, 1.807) is 68.0 Å². The van der Waals surface area contributed by atoms with Gasteiger partial charge in [-0.25, -0.2) is 18.6 Å². The van der Waals surface area contributed by atoms with Crippen LogP contribution in [0.1, 0.15) is 41.0 Å². The number of ether oxygens (including phenoxy) is 3. The Morgan fingerprint density at radius 1 is 0.979 bits per heavy atom. The average molecular weight is 673 g/mol. The number of rotatable bonds is 10. The number of halogens is 3. The summed E-state index contributed by atoms with van der Waals surface area (Å²) in [6.07, 6.45) is 3.33. The Labute approximate surface area is 280 Å². The zero-order valence-electron chi connectivity index (χ0n) is 26.3. The van der Waals surface area contributed by atoms with Gasteiger partial charge in [0.25, 0.3) is 5.79 Å². The van der Waals surface area contributed by atoms with Crippen molar-refractivity contribution in [3.05, 3.63) is 124 Å². The molecule has 1 aliphatic rings. The fourth-order valence-electron chi connectivity index (χ4n) is 5.58. The lowest BCUT2D eigenvalue weighted by Gasteiger charge is -2.24. The molecule has 1 unspecified atom stereocenters. The van der Waals surface area contributed by atoms with Crippen LogP contribution in [0.5, 0.6) is 11.5 Å². The van der Waals surface area contributed by atoms with Gasteiger partial charge in [-0.3, -0.25) is 4.79 Å². The van der Waals surface area contributed by atoms with E-state index in [2.05, 4.69) is 15.6 Å². The van der Waals surface area contributed by atoms with Gasteiger partial charge in [0, 0.05) is 35.8 Å². The summed E-state index contributed by atoms with van der Waals surface area (Å²) in [6.45, 7) is 4.69. The first kappa shape index (κ1) is 32.5. The van der Waals surface area contributed by atoms with Gasteiger partial charge in [-0.1, -0.05) is 35.9 Å². The van der Waals surface area contributed by atoms with Crippen LogP contribution in [0.3, 0.4) is 0 Å². The summed E-state index contributed by atoms with van der Waals surface area (Å²) in [5, 5.41) is 6.36. The zero-order valence-corrected chi connectivity index (χ0v) is 27.0. The number of fused-ring (bicyclic) bond motifs is 1. The monoisotopic (exact) mass is 672 g/mol. The van der Waals surface area contributed by atoms with Gasteiger partial charge in [0.05, 0.1) is 54.6 Å². The molecular weight excluding hydrogens is 642 g/mol. The molecule has 48 heavy (non-hydrogen) atoms. The molecule has 1 atom stereocenters. The van der Waals surface area contributed by atoms with Crippen LogP contribution in [0, 0.1) is 11.6 Å². The Morgan fingerprint density at radius 3 is 2.56 bits per heavy atom. The fourth-order valence-corrected chi connectivity index (χ4v) is 5.74. The van der Waals surface area contributed by atoms with Crippen molar-refractivity contribution in [2.75, 3.05) is 17.7 Å². The third-order valence-corrected chi connectivity index (χ3v) is 8.24. The van der Waals surface area contributed by atoms with E-state index in [0.717, 1.165) is 12.2 Å². The number of aromatic nitrogens is 2. The number of nitrogens with one attached hydrogen (secondary N) is 2. The molecule has 6 rings (SSSR count). The predicted octanol–water partition coefficient (Wildman–Crippen LogP) is 7.73. The van der Waals surface area contributed by atoms with Crippen molar-refractivity contribution < 1.29 is 32.6 Å².